The Bertz CT molecular complexity index is 989. The highest BCUT2D eigenvalue weighted by atomic mass is 19.1. The summed E-state index contributed by atoms with van der Waals surface area (Å²) >= 11 is 0. The van der Waals surface area contributed by atoms with Crippen LogP contribution in [0.2, 0.25) is 0 Å². The Labute approximate surface area is 167 Å². The van der Waals surface area contributed by atoms with Gasteiger partial charge < -0.3 is 10.1 Å². The van der Waals surface area contributed by atoms with E-state index in [9.17, 15) is 18.8 Å². The third kappa shape index (κ3) is 2.84. The fraction of sp³-hybridized carbons (Fsp3) is 0.318. The molecule has 0 spiro atoms. The second kappa shape index (κ2) is 6.77. The number of rotatable bonds is 3. The molecule has 29 heavy (non-hydrogen) atoms. The lowest BCUT2D eigenvalue weighted by Crippen LogP contribution is -2.97. The number of esters is 1. The first-order chi connectivity index (χ1) is 13.8. The van der Waals surface area contributed by atoms with Crippen molar-refractivity contribution in [1.82, 2.24) is 0 Å². The molecule has 2 saturated heterocycles. The Balaban J connectivity index is 1.81. The molecule has 2 aromatic carbocycles. The van der Waals surface area contributed by atoms with Crippen molar-refractivity contribution in [2.24, 2.45) is 11.8 Å². The van der Waals surface area contributed by atoms with E-state index < -0.39 is 41.1 Å². The largest absolute Gasteiger partial charge is 0.464 e. The first-order valence-corrected chi connectivity index (χ1v) is 9.42. The van der Waals surface area contributed by atoms with Crippen molar-refractivity contribution in [2.75, 3.05) is 12.0 Å². The fourth-order valence-electron chi connectivity index (χ4n) is 4.62. The highest BCUT2D eigenvalue weighted by molar-refractivity contribution is 6.23. The molecule has 2 aliphatic heterocycles. The first kappa shape index (κ1) is 19.3. The molecular formula is C22H22FN2O4+. The molecule has 2 heterocycles. The van der Waals surface area contributed by atoms with Gasteiger partial charge in [-0.05, 0) is 31.2 Å². The van der Waals surface area contributed by atoms with Crippen molar-refractivity contribution in [3.8, 4) is 0 Å². The lowest BCUT2D eigenvalue weighted by molar-refractivity contribution is -0.730. The van der Waals surface area contributed by atoms with E-state index in [1.807, 2.05) is 31.2 Å². The molecule has 2 aliphatic rings. The lowest BCUT2D eigenvalue weighted by atomic mass is 9.80. The van der Waals surface area contributed by atoms with Gasteiger partial charge in [0.15, 0.2) is 0 Å². The van der Waals surface area contributed by atoms with Crippen molar-refractivity contribution >= 4 is 23.5 Å². The summed E-state index contributed by atoms with van der Waals surface area (Å²) in [6.07, 6.45) is 0. The number of carbonyl (C=O) groups is 3. The van der Waals surface area contributed by atoms with Crippen LogP contribution in [-0.4, -0.2) is 30.4 Å². The number of nitrogens with two attached hydrogens (primary N) is 1. The molecular weight excluding hydrogens is 375 g/mol. The number of imide groups is 1. The van der Waals surface area contributed by atoms with Gasteiger partial charge in [0.05, 0.1) is 12.8 Å². The number of ether oxygens (including phenoxy) is 1. The molecule has 4 rings (SSSR count). The zero-order chi connectivity index (χ0) is 20.9. The van der Waals surface area contributed by atoms with Gasteiger partial charge >= 0.3 is 5.97 Å². The van der Waals surface area contributed by atoms with E-state index in [1.54, 1.807) is 12.2 Å². The van der Waals surface area contributed by atoms with Crippen molar-refractivity contribution < 1.29 is 28.8 Å². The number of anilines is 1. The highest BCUT2D eigenvalue weighted by Gasteiger charge is 2.70. The normalized spacial score (nSPS) is 28.6. The summed E-state index contributed by atoms with van der Waals surface area (Å²) in [5.41, 5.74) is 0.989. The molecule has 6 nitrogen and oxygen atoms in total. The van der Waals surface area contributed by atoms with Crippen LogP contribution >= 0.6 is 0 Å². The summed E-state index contributed by atoms with van der Waals surface area (Å²) in [7, 11) is 1.27. The Morgan fingerprint density at radius 1 is 1.07 bits per heavy atom. The third-order valence-corrected chi connectivity index (χ3v) is 6.08. The standard InChI is InChI=1S/C22H21FN2O4/c1-12-4-6-13(7-5-12)18-16-17(22(2,24-18)21(28)29-3)20(27)25(19(16)26)15-10-8-14(23)9-11-15/h4-11,16-18,24H,1-3H3/p+1/t16-,17+,18-,22+/m1/s1. The molecule has 0 aliphatic carbocycles. The summed E-state index contributed by atoms with van der Waals surface area (Å²) in [5, 5.41) is 1.77. The maximum Gasteiger partial charge on any atom is 0.368 e. The van der Waals surface area contributed by atoms with Gasteiger partial charge in [-0.25, -0.2) is 14.1 Å². The van der Waals surface area contributed by atoms with E-state index in [1.165, 1.54) is 31.4 Å². The van der Waals surface area contributed by atoms with Crippen LogP contribution in [0.5, 0.6) is 0 Å². The number of nitrogens with zero attached hydrogens (tertiary/aromatic N) is 1. The van der Waals surface area contributed by atoms with Crippen LogP contribution in [0.4, 0.5) is 10.1 Å². The number of amides is 2. The second-order valence-electron chi connectivity index (χ2n) is 7.87. The minimum absolute atomic E-state index is 0.297. The number of quaternary nitrogens is 1. The van der Waals surface area contributed by atoms with Gasteiger partial charge in [-0.15, -0.1) is 0 Å². The van der Waals surface area contributed by atoms with Crippen molar-refractivity contribution in [1.29, 1.82) is 0 Å². The summed E-state index contributed by atoms with van der Waals surface area (Å²) in [6, 6.07) is 12.5. The van der Waals surface area contributed by atoms with Crippen LogP contribution in [-0.2, 0) is 19.1 Å². The Morgan fingerprint density at radius 2 is 1.69 bits per heavy atom. The van der Waals surface area contributed by atoms with E-state index in [0.717, 1.165) is 16.0 Å². The maximum absolute atomic E-state index is 13.4. The third-order valence-electron chi connectivity index (χ3n) is 6.08. The first-order valence-electron chi connectivity index (χ1n) is 9.42. The minimum Gasteiger partial charge on any atom is -0.464 e. The lowest BCUT2D eigenvalue weighted by Gasteiger charge is -2.25. The van der Waals surface area contributed by atoms with E-state index in [0.29, 0.717) is 5.69 Å². The Morgan fingerprint density at radius 3 is 2.28 bits per heavy atom. The average molecular weight is 397 g/mol. The predicted molar refractivity (Wildman–Crippen MR) is 102 cm³/mol. The van der Waals surface area contributed by atoms with Gasteiger partial charge in [-0.2, -0.15) is 0 Å². The molecule has 0 radical (unpaired) electrons. The van der Waals surface area contributed by atoms with Gasteiger partial charge in [-0.1, -0.05) is 29.8 Å². The summed E-state index contributed by atoms with van der Waals surface area (Å²) in [5.74, 6) is -3.47. The molecule has 7 heteroatoms. The number of carbonyl (C=O) groups excluding carboxylic acids is 3. The molecule has 0 bridgehead atoms. The molecule has 0 saturated carbocycles. The number of benzene rings is 2. The number of halogens is 1. The quantitative estimate of drug-likeness (QED) is 0.629. The molecule has 2 amide bonds. The van der Waals surface area contributed by atoms with E-state index in [-0.39, 0.29) is 5.91 Å². The average Bonchev–Trinajstić information content (AvgIpc) is 3.17. The number of methoxy groups -OCH3 is 1. The molecule has 2 aromatic rings. The zero-order valence-corrected chi connectivity index (χ0v) is 16.4. The van der Waals surface area contributed by atoms with Crippen LogP contribution in [0.15, 0.2) is 48.5 Å². The van der Waals surface area contributed by atoms with Crippen LogP contribution in [0, 0.1) is 24.6 Å². The molecule has 2 fully saturated rings. The van der Waals surface area contributed by atoms with Crippen molar-refractivity contribution in [3.63, 3.8) is 0 Å². The summed E-state index contributed by atoms with van der Waals surface area (Å²) in [4.78, 5) is 40.4. The van der Waals surface area contributed by atoms with Crippen LogP contribution < -0.4 is 10.2 Å². The smallest absolute Gasteiger partial charge is 0.368 e. The van der Waals surface area contributed by atoms with Gasteiger partial charge in [0, 0.05) is 12.5 Å². The van der Waals surface area contributed by atoms with E-state index >= 15 is 0 Å². The molecule has 150 valence electrons. The zero-order valence-electron chi connectivity index (χ0n) is 16.4. The van der Waals surface area contributed by atoms with Gasteiger partial charge in [0.25, 0.3) is 0 Å². The topological polar surface area (TPSA) is 80.3 Å². The van der Waals surface area contributed by atoms with E-state index in [4.69, 9.17) is 4.74 Å². The molecule has 2 N–H and O–H groups in total. The molecule has 0 aromatic heterocycles. The Kier molecular flexibility index (Phi) is 4.50. The number of hydrogen-bond donors (Lipinski definition) is 1. The number of aryl methyl sites for hydroxylation is 1. The monoisotopic (exact) mass is 397 g/mol. The van der Waals surface area contributed by atoms with E-state index in [2.05, 4.69) is 0 Å². The SMILES string of the molecule is COC(=O)[C@@]1(C)[NH2+][C@H](c2ccc(C)cc2)[C@@H]2C(=O)N(c3ccc(F)cc3)C(=O)[C@H]21. The van der Waals surface area contributed by atoms with Crippen LogP contribution in [0.25, 0.3) is 0 Å². The fourth-order valence-corrected chi connectivity index (χ4v) is 4.62. The number of hydrogen-bond acceptors (Lipinski definition) is 4. The predicted octanol–water partition coefficient (Wildman–Crippen LogP) is 1.49. The van der Waals surface area contributed by atoms with Crippen molar-refractivity contribution in [2.45, 2.75) is 25.4 Å². The number of fused-ring (bicyclic) bond motifs is 1. The molecule has 4 atom stereocenters. The Hall–Kier alpha value is -3.06. The summed E-state index contributed by atoms with van der Waals surface area (Å²) in [6.45, 7) is 3.61. The summed E-state index contributed by atoms with van der Waals surface area (Å²) < 4.78 is 18.3. The van der Waals surface area contributed by atoms with Gasteiger partial charge in [-0.3, -0.25) is 9.59 Å². The van der Waals surface area contributed by atoms with Crippen LogP contribution in [0.1, 0.15) is 24.1 Å². The minimum atomic E-state index is -1.24. The van der Waals surface area contributed by atoms with Crippen LogP contribution in [0.3, 0.4) is 0 Å². The highest BCUT2D eigenvalue weighted by Crippen LogP contribution is 2.45. The molecule has 0 unspecified atom stereocenters. The van der Waals surface area contributed by atoms with Gasteiger partial charge in [0.1, 0.15) is 23.7 Å². The van der Waals surface area contributed by atoms with Crippen molar-refractivity contribution in [3.05, 3.63) is 65.5 Å². The second-order valence-corrected chi connectivity index (χ2v) is 7.87. The van der Waals surface area contributed by atoms with Gasteiger partial charge in [0.2, 0.25) is 17.4 Å². The maximum atomic E-state index is 13.4.